The summed E-state index contributed by atoms with van der Waals surface area (Å²) in [5.74, 6) is -0.159. The van der Waals surface area contributed by atoms with Gasteiger partial charge in [0.25, 0.3) is 0 Å². The zero-order valence-electron chi connectivity index (χ0n) is 9.37. The molecule has 0 aliphatic carbocycles. The Hall–Kier alpha value is -2.02. The van der Waals surface area contributed by atoms with Crippen LogP contribution < -0.4 is 5.76 Å². The molecule has 7 heteroatoms. The van der Waals surface area contributed by atoms with E-state index in [4.69, 9.17) is 4.74 Å². The molecule has 17 heavy (non-hydrogen) atoms. The van der Waals surface area contributed by atoms with Crippen molar-refractivity contribution in [1.29, 1.82) is 0 Å². The molecule has 0 unspecified atom stereocenters. The van der Waals surface area contributed by atoms with Crippen LogP contribution in [0.1, 0.15) is 6.92 Å². The summed E-state index contributed by atoms with van der Waals surface area (Å²) in [7, 11) is 0. The van der Waals surface area contributed by atoms with E-state index in [1.54, 1.807) is 6.20 Å². The van der Waals surface area contributed by atoms with E-state index in [9.17, 15) is 4.79 Å². The Kier molecular flexibility index (Phi) is 3.61. The van der Waals surface area contributed by atoms with Crippen LogP contribution in [0.5, 0.6) is 0 Å². The molecule has 2 aromatic rings. The van der Waals surface area contributed by atoms with Gasteiger partial charge in [0, 0.05) is 19.0 Å². The average molecular weight is 236 g/mol. The number of hydrogen-bond acceptors (Lipinski definition) is 6. The molecule has 0 N–H and O–H groups in total. The van der Waals surface area contributed by atoms with Gasteiger partial charge in [-0.05, 0) is 6.92 Å². The number of hydrogen-bond donors (Lipinski definition) is 0. The van der Waals surface area contributed by atoms with E-state index < -0.39 is 5.76 Å². The molecular formula is C10H12N4O3. The SMILES string of the molecule is CCOCCn1c(-c2cnccn2)noc1=O. The third-order valence-electron chi connectivity index (χ3n) is 2.14. The van der Waals surface area contributed by atoms with E-state index in [2.05, 4.69) is 19.6 Å². The monoisotopic (exact) mass is 236 g/mol. The molecular weight excluding hydrogens is 224 g/mol. The minimum atomic E-state index is -0.523. The number of aromatic nitrogens is 4. The van der Waals surface area contributed by atoms with Gasteiger partial charge >= 0.3 is 5.76 Å². The molecule has 2 rings (SSSR count). The Morgan fingerprint density at radius 1 is 1.47 bits per heavy atom. The smallest absolute Gasteiger partial charge is 0.380 e. The zero-order valence-corrected chi connectivity index (χ0v) is 9.37. The van der Waals surface area contributed by atoms with Crippen molar-refractivity contribution < 1.29 is 9.26 Å². The first-order valence-electron chi connectivity index (χ1n) is 5.23. The van der Waals surface area contributed by atoms with Crippen LogP contribution in [0.25, 0.3) is 11.5 Å². The molecule has 0 spiro atoms. The van der Waals surface area contributed by atoms with Crippen molar-refractivity contribution in [2.75, 3.05) is 13.2 Å². The minimum Gasteiger partial charge on any atom is -0.380 e. The van der Waals surface area contributed by atoms with Crippen molar-refractivity contribution in [3.05, 3.63) is 29.1 Å². The molecule has 0 aromatic carbocycles. The first-order valence-corrected chi connectivity index (χ1v) is 5.23. The summed E-state index contributed by atoms with van der Waals surface area (Å²) < 4.78 is 11.2. The van der Waals surface area contributed by atoms with Gasteiger partial charge in [0.2, 0.25) is 5.82 Å². The predicted octanol–water partition coefficient (Wildman–Crippen LogP) is 0.330. The molecule has 0 fully saturated rings. The van der Waals surface area contributed by atoms with E-state index in [0.29, 0.717) is 31.3 Å². The van der Waals surface area contributed by atoms with E-state index in [-0.39, 0.29) is 0 Å². The van der Waals surface area contributed by atoms with Gasteiger partial charge in [-0.25, -0.2) is 9.78 Å². The number of ether oxygens (including phenoxy) is 1. The molecule has 0 bridgehead atoms. The number of nitrogens with zero attached hydrogens (tertiary/aromatic N) is 4. The van der Waals surface area contributed by atoms with Gasteiger partial charge in [-0.3, -0.25) is 14.1 Å². The molecule has 0 saturated heterocycles. The molecule has 0 aliphatic rings. The highest BCUT2D eigenvalue weighted by molar-refractivity contribution is 5.46. The van der Waals surface area contributed by atoms with E-state index in [1.807, 2.05) is 6.92 Å². The standard InChI is InChI=1S/C10H12N4O3/c1-2-16-6-5-14-9(13-17-10(14)15)8-7-11-3-4-12-8/h3-4,7H,2,5-6H2,1H3. The van der Waals surface area contributed by atoms with Crippen LogP contribution in [0.15, 0.2) is 27.9 Å². The van der Waals surface area contributed by atoms with Crippen LogP contribution in [0, 0.1) is 0 Å². The third-order valence-corrected chi connectivity index (χ3v) is 2.14. The highest BCUT2D eigenvalue weighted by atomic mass is 16.5. The van der Waals surface area contributed by atoms with Gasteiger partial charge in [-0.2, -0.15) is 0 Å². The molecule has 2 aromatic heterocycles. The molecule has 7 nitrogen and oxygen atoms in total. The van der Waals surface area contributed by atoms with E-state index >= 15 is 0 Å². The van der Waals surface area contributed by atoms with Gasteiger partial charge in [-0.1, -0.05) is 5.16 Å². The van der Waals surface area contributed by atoms with Crippen molar-refractivity contribution >= 4 is 0 Å². The van der Waals surface area contributed by atoms with Crippen molar-refractivity contribution in [3.8, 4) is 11.5 Å². The van der Waals surface area contributed by atoms with Crippen molar-refractivity contribution in [2.24, 2.45) is 0 Å². The lowest BCUT2D eigenvalue weighted by Gasteiger charge is -2.03. The maximum Gasteiger partial charge on any atom is 0.441 e. The molecule has 0 amide bonds. The Morgan fingerprint density at radius 2 is 2.35 bits per heavy atom. The van der Waals surface area contributed by atoms with Crippen molar-refractivity contribution in [1.82, 2.24) is 19.7 Å². The summed E-state index contributed by atoms with van der Waals surface area (Å²) in [5.41, 5.74) is 0.495. The topological polar surface area (TPSA) is 83.0 Å². The Morgan fingerprint density at radius 3 is 3.06 bits per heavy atom. The summed E-state index contributed by atoms with van der Waals surface area (Å²) in [6.45, 7) is 3.29. The second kappa shape index (κ2) is 5.35. The van der Waals surface area contributed by atoms with Crippen molar-refractivity contribution in [3.63, 3.8) is 0 Å². The quantitative estimate of drug-likeness (QED) is 0.696. The Bertz CT molecular complexity index is 520. The van der Waals surface area contributed by atoms with Gasteiger partial charge in [0.15, 0.2) is 0 Å². The second-order valence-electron chi connectivity index (χ2n) is 3.21. The van der Waals surface area contributed by atoms with Crippen LogP contribution in [-0.2, 0) is 11.3 Å². The first kappa shape index (κ1) is 11.5. The van der Waals surface area contributed by atoms with E-state index in [1.165, 1.54) is 17.0 Å². The lowest BCUT2D eigenvalue weighted by Crippen LogP contribution is -2.19. The zero-order chi connectivity index (χ0) is 12.1. The fourth-order valence-corrected chi connectivity index (χ4v) is 1.36. The Labute approximate surface area is 97.1 Å². The normalized spacial score (nSPS) is 10.6. The lowest BCUT2D eigenvalue weighted by molar-refractivity contribution is 0.137. The van der Waals surface area contributed by atoms with Gasteiger partial charge < -0.3 is 4.74 Å². The van der Waals surface area contributed by atoms with Crippen LogP contribution in [0.3, 0.4) is 0 Å². The highest BCUT2D eigenvalue weighted by Gasteiger charge is 2.13. The first-order chi connectivity index (χ1) is 8.33. The predicted molar refractivity (Wildman–Crippen MR) is 58.3 cm³/mol. The molecule has 90 valence electrons. The van der Waals surface area contributed by atoms with Crippen molar-refractivity contribution in [2.45, 2.75) is 13.5 Å². The summed E-state index contributed by atoms with van der Waals surface area (Å²) >= 11 is 0. The van der Waals surface area contributed by atoms with E-state index in [0.717, 1.165) is 0 Å². The molecule has 0 atom stereocenters. The second-order valence-corrected chi connectivity index (χ2v) is 3.21. The minimum absolute atomic E-state index is 0.364. The molecule has 0 saturated carbocycles. The molecule has 0 aliphatic heterocycles. The summed E-state index contributed by atoms with van der Waals surface area (Å²) in [4.78, 5) is 19.4. The van der Waals surface area contributed by atoms with Crippen LogP contribution in [0.4, 0.5) is 0 Å². The maximum absolute atomic E-state index is 11.4. The molecule has 2 heterocycles. The van der Waals surface area contributed by atoms with Gasteiger partial charge in [0.1, 0.15) is 5.69 Å². The Balaban J connectivity index is 2.26. The largest absolute Gasteiger partial charge is 0.441 e. The van der Waals surface area contributed by atoms with Gasteiger partial charge in [0.05, 0.1) is 19.3 Å². The summed E-state index contributed by atoms with van der Waals surface area (Å²) in [5, 5.41) is 3.68. The van der Waals surface area contributed by atoms with Gasteiger partial charge in [-0.15, -0.1) is 0 Å². The number of rotatable bonds is 5. The van der Waals surface area contributed by atoms with Crippen LogP contribution in [-0.4, -0.2) is 32.9 Å². The fraction of sp³-hybridized carbons (Fsp3) is 0.400. The summed E-state index contributed by atoms with van der Waals surface area (Å²) in [6, 6.07) is 0. The lowest BCUT2D eigenvalue weighted by atomic mass is 10.4. The molecule has 0 radical (unpaired) electrons. The maximum atomic E-state index is 11.4. The van der Waals surface area contributed by atoms with Crippen LogP contribution in [0.2, 0.25) is 0 Å². The average Bonchev–Trinajstić information content (AvgIpc) is 2.73. The summed E-state index contributed by atoms with van der Waals surface area (Å²) in [6.07, 6.45) is 4.60. The third kappa shape index (κ3) is 2.56. The van der Waals surface area contributed by atoms with Crippen LogP contribution >= 0.6 is 0 Å². The highest BCUT2D eigenvalue weighted by Crippen LogP contribution is 2.10. The fourth-order valence-electron chi connectivity index (χ4n) is 1.36.